The lowest BCUT2D eigenvalue weighted by molar-refractivity contribution is -0.128. The van der Waals surface area contributed by atoms with E-state index in [1.54, 1.807) is 18.2 Å². The monoisotopic (exact) mass is 330 g/mol. The van der Waals surface area contributed by atoms with Crippen LogP contribution in [0.25, 0.3) is 0 Å². The first-order valence-electron chi connectivity index (χ1n) is 6.73. The average molecular weight is 331 g/mol. The molecule has 4 nitrogen and oxygen atoms in total. The second kappa shape index (κ2) is 7.66. The molecule has 2 N–H and O–H groups in total. The molecule has 0 aliphatic rings. The van der Waals surface area contributed by atoms with Crippen molar-refractivity contribution in [1.29, 1.82) is 0 Å². The topological polar surface area (TPSA) is 58.2 Å². The molecule has 1 aromatic carbocycles. The van der Waals surface area contributed by atoms with Crippen LogP contribution in [0.3, 0.4) is 0 Å². The minimum Gasteiger partial charge on any atom is -0.356 e. The Morgan fingerprint density at radius 2 is 1.81 bits per heavy atom. The van der Waals surface area contributed by atoms with Gasteiger partial charge in [-0.1, -0.05) is 44.0 Å². The molecule has 0 saturated carbocycles. The van der Waals surface area contributed by atoms with Gasteiger partial charge < -0.3 is 10.6 Å². The maximum absolute atomic E-state index is 11.8. The molecule has 0 aliphatic carbocycles. The number of hydrogen-bond donors (Lipinski definition) is 2. The average Bonchev–Trinajstić information content (AvgIpc) is 2.37. The second-order valence-electron chi connectivity index (χ2n) is 5.79. The number of carbonyl (C=O) groups is 2. The van der Waals surface area contributed by atoms with Crippen molar-refractivity contribution in [2.75, 3.05) is 11.9 Å². The van der Waals surface area contributed by atoms with Gasteiger partial charge in [0.1, 0.15) is 0 Å². The van der Waals surface area contributed by atoms with E-state index in [0.717, 1.165) is 0 Å². The minimum atomic E-state index is -0.414. The Balaban J connectivity index is 2.32. The van der Waals surface area contributed by atoms with Crippen LogP contribution in [0.5, 0.6) is 0 Å². The van der Waals surface area contributed by atoms with Gasteiger partial charge in [0.25, 0.3) is 0 Å². The molecule has 116 valence electrons. The SMILES string of the molecule is CC(C)(C)C(=O)NCCCC(=O)Nc1ccc(Cl)c(Cl)c1. The van der Waals surface area contributed by atoms with Crippen LogP contribution < -0.4 is 10.6 Å². The third kappa shape index (κ3) is 6.36. The van der Waals surface area contributed by atoms with E-state index in [4.69, 9.17) is 23.2 Å². The highest BCUT2D eigenvalue weighted by atomic mass is 35.5. The number of carbonyl (C=O) groups excluding carboxylic acids is 2. The number of amides is 2. The summed E-state index contributed by atoms with van der Waals surface area (Å²) < 4.78 is 0. The molecule has 1 aromatic rings. The Bertz CT molecular complexity index is 525. The molecule has 0 aromatic heterocycles. The molecule has 0 atom stereocenters. The van der Waals surface area contributed by atoms with Crippen molar-refractivity contribution in [2.24, 2.45) is 5.41 Å². The number of benzene rings is 1. The van der Waals surface area contributed by atoms with Gasteiger partial charge in [0.2, 0.25) is 11.8 Å². The van der Waals surface area contributed by atoms with Gasteiger partial charge >= 0.3 is 0 Å². The normalized spacial score (nSPS) is 11.1. The number of halogens is 2. The zero-order chi connectivity index (χ0) is 16.0. The van der Waals surface area contributed by atoms with E-state index >= 15 is 0 Å². The fraction of sp³-hybridized carbons (Fsp3) is 0.467. The van der Waals surface area contributed by atoms with Crippen molar-refractivity contribution >= 4 is 40.7 Å². The minimum absolute atomic E-state index is 0.0209. The zero-order valence-corrected chi connectivity index (χ0v) is 13.9. The molecule has 0 heterocycles. The maximum atomic E-state index is 11.8. The van der Waals surface area contributed by atoms with Crippen molar-refractivity contribution in [3.8, 4) is 0 Å². The summed E-state index contributed by atoms with van der Waals surface area (Å²) in [6.07, 6.45) is 0.902. The molecule has 21 heavy (non-hydrogen) atoms. The summed E-state index contributed by atoms with van der Waals surface area (Å²) in [5.74, 6) is -0.147. The fourth-order valence-corrected chi connectivity index (χ4v) is 1.81. The third-order valence-electron chi connectivity index (χ3n) is 2.75. The lowest BCUT2D eigenvalue weighted by atomic mass is 9.96. The van der Waals surface area contributed by atoms with Gasteiger partial charge in [-0.2, -0.15) is 0 Å². The van der Waals surface area contributed by atoms with Crippen LogP contribution >= 0.6 is 23.2 Å². The quantitative estimate of drug-likeness (QED) is 0.805. The highest BCUT2D eigenvalue weighted by Gasteiger charge is 2.20. The third-order valence-corrected chi connectivity index (χ3v) is 3.49. The van der Waals surface area contributed by atoms with Crippen LogP contribution in [-0.4, -0.2) is 18.4 Å². The second-order valence-corrected chi connectivity index (χ2v) is 6.60. The van der Waals surface area contributed by atoms with Crippen LogP contribution in [0, 0.1) is 5.41 Å². The van der Waals surface area contributed by atoms with Crippen LogP contribution in [0.2, 0.25) is 10.0 Å². The van der Waals surface area contributed by atoms with Crippen LogP contribution in [0.1, 0.15) is 33.6 Å². The molecular formula is C15H20Cl2N2O2. The molecule has 2 amide bonds. The van der Waals surface area contributed by atoms with Crippen molar-refractivity contribution in [2.45, 2.75) is 33.6 Å². The van der Waals surface area contributed by atoms with Crippen LogP contribution in [-0.2, 0) is 9.59 Å². The zero-order valence-electron chi connectivity index (χ0n) is 12.4. The number of rotatable bonds is 5. The summed E-state index contributed by atoms with van der Waals surface area (Å²) in [6.45, 7) is 6.02. The van der Waals surface area contributed by atoms with Gasteiger partial charge in [-0.3, -0.25) is 9.59 Å². The summed E-state index contributed by atoms with van der Waals surface area (Å²) in [6, 6.07) is 4.92. The fourth-order valence-electron chi connectivity index (χ4n) is 1.51. The summed E-state index contributed by atoms with van der Waals surface area (Å²) >= 11 is 11.7. The summed E-state index contributed by atoms with van der Waals surface area (Å²) in [4.78, 5) is 23.4. The maximum Gasteiger partial charge on any atom is 0.225 e. The lowest BCUT2D eigenvalue weighted by Crippen LogP contribution is -2.35. The molecule has 0 spiro atoms. The summed E-state index contributed by atoms with van der Waals surface area (Å²) in [7, 11) is 0. The molecule has 0 fully saturated rings. The molecule has 0 bridgehead atoms. The first-order chi connectivity index (χ1) is 9.70. The van der Waals surface area contributed by atoms with E-state index in [0.29, 0.717) is 35.1 Å². The lowest BCUT2D eigenvalue weighted by Gasteiger charge is -2.17. The van der Waals surface area contributed by atoms with E-state index in [-0.39, 0.29) is 11.8 Å². The Morgan fingerprint density at radius 1 is 1.14 bits per heavy atom. The molecule has 0 aliphatic heterocycles. The molecular weight excluding hydrogens is 311 g/mol. The Morgan fingerprint density at radius 3 is 2.38 bits per heavy atom. The molecule has 6 heteroatoms. The molecule has 0 radical (unpaired) electrons. The van der Waals surface area contributed by atoms with Gasteiger partial charge in [0.15, 0.2) is 0 Å². The van der Waals surface area contributed by atoms with Gasteiger partial charge in [0, 0.05) is 24.1 Å². The van der Waals surface area contributed by atoms with Crippen molar-refractivity contribution in [3.05, 3.63) is 28.2 Å². The van der Waals surface area contributed by atoms with Gasteiger partial charge in [-0.15, -0.1) is 0 Å². The van der Waals surface area contributed by atoms with E-state index in [1.807, 2.05) is 20.8 Å². The van der Waals surface area contributed by atoms with Crippen molar-refractivity contribution in [1.82, 2.24) is 5.32 Å². The largest absolute Gasteiger partial charge is 0.356 e. The van der Waals surface area contributed by atoms with Crippen LogP contribution in [0.4, 0.5) is 5.69 Å². The number of hydrogen-bond acceptors (Lipinski definition) is 2. The first kappa shape index (κ1) is 17.8. The number of anilines is 1. The Labute approximate surface area is 135 Å². The molecule has 0 unspecified atom stereocenters. The highest BCUT2D eigenvalue weighted by molar-refractivity contribution is 6.42. The smallest absolute Gasteiger partial charge is 0.225 e. The summed E-state index contributed by atoms with van der Waals surface area (Å²) in [5.41, 5.74) is 0.190. The van der Waals surface area contributed by atoms with E-state index in [1.165, 1.54) is 0 Å². The summed E-state index contributed by atoms with van der Waals surface area (Å²) in [5, 5.41) is 6.37. The van der Waals surface area contributed by atoms with E-state index < -0.39 is 5.41 Å². The van der Waals surface area contributed by atoms with Crippen molar-refractivity contribution < 1.29 is 9.59 Å². The Hall–Kier alpha value is -1.26. The first-order valence-corrected chi connectivity index (χ1v) is 7.49. The van der Waals surface area contributed by atoms with Crippen LogP contribution in [0.15, 0.2) is 18.2 Å². The molecule has 0 saturated heterocycles. The number of nitrogens with one attached hydrogen (secondary N) is 2. The van der Waals surface area contributed by atoms with Gasteiger partial charge in [-0.05, 0) is 24.6 Å². The molecule has 1 rings (SSSR count). The van der Waals surface area contributed by atoms with Gasteiger partial charge in [0.05, 0.1) is 10.0 Å². The highest BCUT2D eigenvalue weighted by Crippen LogP contribution is 2.25. The Kier molecular flexibility index (Phi) is 6.49. The van der Waals surface area contributed by atoms with E-state index in [2.05, 4.69) is 10.6 Å². The van der Waals surface area contributed by atoms with E-state index in [9.17, 15) is 9.59 Å². The predicted molar refractivity (Wildman–Crippen MR) is 86.8 cm³/mol. The predicted octanol–water partition coefficient (Wildman–Crippen LogP) is 3.87. The standard InChI is InChI=1S/C15H20Cl2N2O2/c1-15(2,3)14(21)18-8-4-5-13(20)19-10-6-7-11(16)12(17)9-10/h6-7,9H,4-5,8H2,1-3H3,(H,18,21)(H,19,20). The van der Waals surface area contributed by atoms with Crippen molar-refractivity contribution in [3.63, 3.8) is 0 Å². The van der Waals surface area contributed by atoms with Gasteiger partial charge in [-0.25, -0.2) is 0 Å².